The number of guanidine groups is 1. The minimum Gasteiger partial charge on any atom is -0.491 e. The molecule has 1 atom stereocenters. The Bertz CT molecular complexity index is 1140. The summed E-state index contributed by atoms with van der Waals surface area (Å²) in [5.41, 5.74) is 10.5. The Morgan fingerprint density at radius 1 is 0.972 bits per heavy atom. The molecule has 36 heavy (non-hydrogen) atoms. The van der Waals surface area contributed by atoms with Crippen LogP contribution in [0.3, 0.4) is 0 Å². The van der Waals surface area contributed by atoms with Crippen LogP contribution >= 0.6 is 0 Å². The molecule has 1 amide bonds. The molecule has 0 fully saturated rings. The zero-order valence-electron chi connectivity index (χ0n) is 20.5. The van der Waals surface area contributed by atoms with E-state index in [4.69, 9.17) is 25.7 Å². The first-order valence-corrected chi connectivity index (χ1v) is 12.7. The zero-order chi connectivity index (χ0) is 26.7. The number of nitrogens with one attached hydrogen (secondary N) is 1. The van der Waals surface area contributed by atoms with Crippen LogP contribution in [0, 0.1) is 0 Å². The molecule has 0 heterocycles. The molecule has 0 saturated heterocycles. The SMILES string of the molecule is COC(=O)[C@H](CCCN=C(N)N)NC(=O)COc1ccc(S(=O)(=O)c2ccc(OC(C)C)cc2)cc1. The molecule has 0 aliphatic carbocycles. The fraction of sp³-hybridized carbons (Fsp3) is 0.375. The second-order valence-electron chi connectivity index (χ2n) is 7.99. The van der Waals surface area contributed by atoms with Crippen molar-refractivity contribution in [1.29, 1.82) is 0 Å². The highest BCUT2D eigenvalue weighted by molar-refractivity contribution is 7.91. The molecule has 2 aromatic carbocycles. The smallest absolute Gasteiger partial charge is 0.328 e. The van der Waals surface area contributed by atoms with Gasteiger partial charge < -0.3 is 31.0 Å². The van der Waals surface area contributed by atoms with E-state index in [1.165, 1.54) is 43.5 Å². The minimum atomic E-state index is -3.74. The summed E-state index contributed by atoms with van der Waals surface area (Å²) >= 11 is 0. The number of nitrogens with zero attached hydrogens (tertiary/aromatic N) is 1. The fourth-order valence-electron chi connectivity index (χ4n) is 3.10. The Balaban J connectivity index is 1.95. The van der Waals surface area contributed by atoms with Crippen molar-refractivity contribution in [2.75, 3.05) is 20.3 Å². The summed E-state index contributed by atoms with van der Waals surface area (Å²) < 4.78 is 41.5. The molecule has 2 aromatic rings. The number of hydrogen-bond donors (Lipinski definition) is 3. The molecule has 12 heteroatoms. The Kier molecular flexibility index (Phi) is 10.5. The first-order valence-electron chi connectivity index (χ1n) is 11.2. The number of methoxy groups -OCH3 is 1. The molecule has 0 aromatic heterocycles. The number of amides is 1. The summed E-state index contributed by atoms with van der Waals surface area (Å²) in [5.74, 6) is -0.351. The Labute approximate surface area is 210 Å². The van der Waals surface area contributed by atoms with Gasteiger partial charge in [-0.1, -0.05) is 0 Å². The van der Waals surface area contributed by atoms with Crippen molar-refractivity contribution in [3.63, 3.8) is 0 Å². The van der Waals surface area contributed by atoms with Crippen molar-refractivity contribution in [3.05, 3.63) is 48.5 Å². The van der Waals surface area contributed by atoms with Gasteiger partial charge in [0.25, 0.3) is 5.91 Å². The van der Waals surface area contributed by atoms with E-state index in [0.29, 0.717) is 18.7 Å². The second kappa shape index (κ2) is 13.3. The lowest BCUT2D eigenvalue weighted by atomic mass is 10.1. The van der Waals surface area contributed by atoms with Gasteiger partial charge in [0.05, 0.1) is 23.0 Å². The van der Waals surface area contributed by atoms with Crippen molar-refractivity contribution >= 4 is 27.7 Å². The van der Waals surface area contributed by atoms with Crippen LogP contribution in [0.5, 0.6) is 11.5 Å². The number of aliphatic imine (C=N–C) groups is 1. The quantitative estimate of drug-likeness (QED) is 0.153. The predicted octanol–water partition coefficient (Wildman–Crippen LogP) is 1.40. The number of carbonyl (C=O) groups excluding carboxylic acids is 2. The predicted molar refractivity (Wildman–Crippen MR) is 133 cm³/mol. The average Bonchev–Trinajstić information content (AvgIpc) is 2.84. The van der Waals surface area contributed by atoms with Gasteiger partial charge in [-0.15, -0.1) is 0 Å². The summed E-state index contributed by atoms with van der Waals surface area (Å²) in [6.07, 6.45) is 0.693. The normalized spacial score (nSPS) is 11.9. The first-order chi connectivity index (χ1) is 17.0. The van der Waals surface area contributed by atoms with Gasteiger partial charge in [-0.2, -0.15) is 0 Å². The number of sulfone groups is 1. The molecule has 0 saturated carbocycles. The molecule has 0 aliphatic rings. The van der Waals surface area contributed by atoms with E-state index in [2.05, 4.69) is 10.3 Å². The monoisotopic (exact) mass is 520 g/mol. The molecule has 0 aliphatic heterocycles. The van der Waals surface area contributed by atoms with Crippen LogP contribution < -0.4 is 26.3 Å². The summed E-state index contributed by atoms with van der Waals surface area (Å²) in [7, 11) is -2.52. The van der Waals surface area contributed by atoms with E-state index in [0.717, 1.165) is 0 Å². The highest BCUT2D eigenvalue weighted by Crippen LogP contribution is 2.25. The molecular weight excluding hydrogens is 488 g/mol. The van der Waals surface area contributed by atoms with E-state index in [1.54, 1.807) is 12.1 Å². The van der Waals surface area contributed by atoms with Crippen LogP contribution in [0.1, 0.15) is 26.7 Å². The van der Waals surface area contributed by atoms with Crippen molar-refractivity contribution in [2.45, 2.75) is 48.6 Å². The molecule has 0 spiro atoms. The lowest BCUT2D eigenvalue weighted by Crippen LogP contribution is -2.43. The van der Waals surface area contributed by atoms with E-state index in [1.807, 2.05) is 13.8 Å². The van der Waals surface area contributed by atoms with Gasteiger partial charge in [-0.05, 0) is 75.2 Å². The molecule has 0 radical (unpaired) electrons. The van der Waals surface area contributed by atoms with Crippen molar-refractivity contribution in [1.82, 2.24) is 5.32 Å². The highest BCUT2D eigenvalue weighted by atomic mass is 32.2. The summed E-state index contributed by atoms with van der Waals surface area (Å²) in [4.78, 5) is 28.2. The average molecular weight is 521 g/mol. The zero-order valence-corrected chi connectivity index (χ0v) is 21.3. The van der Waals surface area contributed by atoms with Crippen LogP contribution in [0.2, 0.25) is 0 Å². The van der Waals surface area contributed by atoms with Gasteiger partial charge in [-0.25, -0.2) is 13.2 Å². The number of nitrogens with two attached hydrogens (primary N) is 2. The van der Waals surface area contributed by atoms with Crippen LogP contribution in [-0.4, -0.2) is 58.7 Å². The van der Waals surface area contributed by atoms with Gasteiger partial charge in [0.1, 0.15) is 17.5 Å². The summed E-state index contributed by atoms with van der Waals surface area (Å²) in [6, 6.07) is 11.0. The van der Waals surface area contributed by atoms with Gasteiger partial charge in [0.15, 0.2) is 12.6 Å². The maximum Gasteiger partial charge on any atom is 0.328 e. The largest absolute Gasteiger partial charge is 0.491 e. The van der Waals surface area contributed by atoms with Gasteiger partial charge >= 0.3 is 5.97 Å². The molecule has 2 rings (SSSR count). The van der Waals surface area contributed by atoms with Gasteiger partial charge in [0.2, 0.25) is 9.84 Å². The van der Waals surface area contributed by atoms with Crippen LogP contribution in [0.4, 0.5) is 0 Å². The number of rotatable bonds is 13. The third kappa shape index (κ3) is 8.77. The Hall–Kier alpha value is -3.80. The number of carbonyl (C=O) groups is 2. The van der Waals surface area contributed by atoms with E-state index in [-0.39, 0.29) is 40.6 Å². The van der Waals surface area contributed by atoms with E-state index >= 15 is 0 Å². The second-order valence-corrected chi connectivity index (χ2v) is 9.94. The maximum atomic E-state index is 12.9. The van der Waals surface area contributed by atoms with Crippen LogP contribution in [-0.2, 0) is 24.2 Å². The Morgan fingerprint density at radius 2 is 1.53 bits per heavy atom. The maximum absolute atomic E-state index is 12.9. The van der Waals surface area contributed by atoms with E-state index < -0.39 is 27.8 Å². The van der Waals surface area contributed by atoms with Crippen LogP contribution in [0.25, 0.3) is 0 Å². The topological polar surface area (TPSA) is 172 Å². The molecule has 5 N–H and O–H groups in total. The lowest BCUT2D eigenvalue weighted by molar-refractivity contribution is -0.145. The molecule has 0 bridgehead atoms. The standard InChI is InChI=1S/C24H32N4O7S/c1-16(2)35-18-8-12-20(13-9-18)36(31,32)19-10-6-17(7-11-19)34-15-22(29)28-21(23(30)33-3)5-4-14-27-24(25)26/h6-13,16,21H,4-5,14-15H2,1-3H3,(H,28,29)(H4,25,26,27)/t21-/m0/s1. The lowest BCUT2D eigenvalue weighted by Gasteiger charge is -2.16. The number of hydrogen-bond acceptors (Lipinski definition) is 8. The van der Waals surface area contributed by atoms with Crippen molar-refractivity contribution in [2.24, 2.45) is 16.5 Å². The van der Waals surface area contributed by atoms with Crippen LogP contribution in [0.15, 0.2) is 63.3 Å². The molecule has 196 valence electrons. The molecular formula is C24H32N4O7S. The molecule has 0 unspecified atom stereocenters. The number of ether oxygens (including phenoxy) is 3. The number of benzene rings is 2. The highest BCUT2D eigenvalue weighted by Gasteiger charge is 2.22. The molecule has 11 nitrogen and oxygen atoms in total. The van der Waals surface area contributed by atoms with Crippen molar-refractivity contribution < 1.29 is 32.2 Å². The minimum absolute atomic E-state index is 0.0237. The summed E-state index contributed by atoms with van der Waals surface area (Å²) in [6.45, 7) is 3.68. The van der Waals surface area contributed by atoms with Crippen molar-refractivity contribution in [3.8, 4) is 11.5 Å². The summed E-state index contributed by atoms with van der Waals surface area (Å²) in [5, 5.41) is 2.54. The Morgan fingerprint density at radius 3 is 2.03 bits per heavy atom. The number of esters is 1. The van der Waals surface area contributed by atoms with Gasteiger partial charge in [-0.3, -0.25) is 9.79 Å². The van der Waals surface area contributed by atoms with E-state index in [9.17, 15) is 18.0 Å². The first kappa shape index (κ1) is 28.4. The van der Waals surface area contributed by atoms with Gasteiger partial charge in [0, 0.05) is 6.54 Å². The fourth-order valence-corrected chi connectivity index (χ4v) is 4.36. The third-order valence-corrected chi connectivity index (χ3v) is 6.56. The third-order valence-electron chi connectivity index (χ3n) is 4.78.